The fraction of sp³-hybridized carbons (Fsp3) is 0.778. The van der Waals surface area contributed by atoms with Crippen LogP contribution in [0.5, 0.6) is 0 Å². The van der Waals surface area contributed by atoms with Gasteiger partial charge < -0.3 is 4.74 Å². The van der Waals surface area contributed by atoms with Gasteiger partial charge in [0.05, 0.1) is 11.2 Å². The summed E-state index contributed by atoms with van der Waals surface area (Å²) in [5.74, 6) is 0. The molecule has 1 nitrogen and oxygen atoms in total. The lowest BCUT2D eigenvalue weighted by atomic mass is 10.1. The van der Waals surface area contributed by atoms with E-state index in [1.54, 1.807) is 0 Å². The van der Waals surface area contributed by atoms with Gasteiger partial charge in [-0.25, -0.2) is 0 Å². The van der Waals surface area contributed by atoms with E-state index in [9.17, 15) is 0 Å². The number of hydrogen-bond acceptors (Lipinski definition) is 1. The molecule has 1 heteroatoms. The topological polar surface area (TPSA) is 9.23 Å². The van der Waals surface area contributed by atoms with Crippen LogP contribution in [0, 0.1) is 0 Å². The van der Waals surface area contributed by atoms with E-state index in [0.717, 1.165) is 0 Å². The molecule has 1 aliphatic heterocycles. The Morgan fingerprint density at radius 2 is 2.00 bits per heavy atom. The fourth-order valence-electron chi connectivity index (χ4n) is 2.00. The largest absolute Gasteiger partial charge is 0.360 e. The SMILES string of the molecule is CC1=CC2(CC2)OC12CC2. The predicted octanol–water partition coefficient (Wildman–Crippen LogP) is 2.03. The smallest absolute Gasteiger partial charge is 0.0904 e. The summed E-state index contributed by atoms with van der Waals surface area (Å²) in [4.78, 5) is 0. The highest BCUT2D eigenvalue weighted by atomic mass is 16.5. The zero-order chi connectivity index (χ0) is 6.82. The first kappa shape index (κ1) is 5.36. The lowest BCUT2D eigenvalue weighted by Gasteiger charge is -2.11. The summed E-state index contributed by atoms with van der Waals surface area (Å²) >= 11 is 0. The van der Waals surface area contributed by atoms with Crippen LogP contribution < -0.4 is 0 Å². The molecule has 0 aromatic rings. The van der Waals surface area contributed by atoms with Gasteiger partial charge in [0.15, 0.2) is 0 Å². The van der Waals surface area contributed by atoms with Crippen molar-refractivity contribution in [1.82, 2.24) is 0 Å². The molecule has 0 aromatic carbocycles. The van der Waals surface area contributed by atoms with Crippen molar-refractivity contribution in [1.29, 1.82) is 0 Å². The van der Waals surface area contributed by atoms with Gasteiger partial charge in [-0.15, -0.1) is 0 Å². The van der Waals surface area contributed by atoms with Crippen molar-refractivity contribution in [3.05, 3.63) is 11.6 Å². The van der Waals surface area contributed by atoms with E-state index < -0.39 is 0 Å². The minimum absolute atomic E-state index is 0.251. The molecule has 1 heterocycles. The van der Waals surface area contributed by atoms with Gasteiger partial charge in [0.2, 0.25) is 0 Å². The third-order valence-corrected chi connectivity index (χ3v) is 3.04. The van der Waals surface area contributed by atoms with Crippen LogP contribution in [0.1, 0.15) is 32.6 Å². The summed E-state index contributed by atoms with van der Waals surface area (Å²) in [5, 5.41) is 0. The monoisotopic (exact) mass is 136 g/mol. The highest BCUT2D eigenvalue weighted by Crippen LogP contribution is 2.60. The van der Waals surface area contributed by atoms with Gasteiger partial charge >= 0.3 is 0 Å². The van der Waals surface area contributed by atoms with Crippen LogP contribution >= 0.6 is 0 Å². The average molecular weight is 136 g/mol. The van der Waals surface area contributed by atoms with E-state index in [1.165, 1.54) is 31.3 Å². The Morgan fingerprint density at radius 3 is 2.30 bits per heavy atom. The highest BCUT2D eigenvalue weighted by molar-refractivity contribution is 5.36. The van der Waals surface area contributed by atoms with Crippen LogP contribution in [0.25, 0.3) is 0 Å². The molecule has 54 valence electrons. The molecule has 2 aliphatic carbocycles. The first-order chi connectivity index (χ1) is 4.75. The molecule has 0 amide bonds. The summed E-state index contributed by atoms with van der Waals surface area (Å²) in [5.41, 5.74) is 2.02. The van der Waals surface area contributed by atoms with E-state index in [2.05, 4.69) is 13.0 Å². The first-order valence-electron chi connectivity index (χ1n) is 4.15. The molecule has 3 aliphatic rings. The molecule has 3 rings (SSSR count). The maximum atomic E-state index is 5.98. The lowest BCUT2D eigenvalue weighted by molar-refractivity contribution is 0.0236. The maximum absolute atomic E-state index is 5.98. The molecule has 2 saturated carbocycles. The minimum Gasteiger partial charge on any atom is -0.360 e. The van der Waals surface area contributed by atoms with Gasteiger partial charge in [0.25, 0.3) is 0 Å². The Morgan fingerprint density at radius 1 is 1.30 bits per heavy atom. The molecule has 0 unspecified atom stereocenters. The Kier molecular flexibility index (Phi) is 0.646. The predicted molar refractivity (Wildman–Crippen MR) is 38.8 cm³/mol. The third kappa shape index (κ3) is 0.485. The van der Waals surface area contributed by atoms with Crippen molar-refractivity contribution in [2.75, 3.05) is 0 Å². The van der Waals surface area contributed by atoms with Gasteiger partial charge in [-0.3, -0.25) is 0 Å². The number of rotatable bonds is 0. The highest BCUT2D eigenvalue weighted by Gasteiger charge is 2.60. The summed E-state index contributed by atoms with van der Waals surface area (Å²) in [6.45, 7) is 2.22. The third-order valence-electron chi connectivity index (χ3n) is 3.04. The Balaban J connectivity index is 2.01. The molecule has 0 radical (unpaired) electrons. The Hall–Kier alpha value is -0.300. The normalized spacial score (nSPS) is 36.7. The molecule has 0 N–H and O–H groups in total. The van der Waals surface area contributed by atoms with Crippen LogP contribution in [-0.2, 0) is 4.74 Å². The van der Waals surface area contributed by atoms with Crippen molar-refractivity contribution in [3.63, 3.8) is 0 Å². The zero-order valence-electron chi connectivity index (χ0n) is 6.31. The molecule has 2 spiro atoms. The van der Waals surface area contributed by atoms with Gasteiger partial charge in [0, 0.05) is 0 Å². The molecule has 0 atom stereocenters. The number of hydrogen-bond donors (Lipinski definition) is 0. The van der Waals surface area contributed by atoms with Crippen molar-refractivity contribution >= 4 is 0 Å². The van der Waals surface area contributed by atoms with Crippen LogP contribution in [0.3, 0.4) is 0 Å². The molecular weight excluding hydrogens is 124 g/mol. The second-order valence-corrected chi connectivity index (χ2v) is 3.99. The Labute approximate surface area is 61.1 Å². The molecule has 0 saturated heterocycles. The summed E-state index contributed by atoms with van der Waals surface area (Å²) in [6.07, 6.45) is 7.45. The van der Waals surface area contributed by atoms with Crippen LogP contribution in [0.2, 0.25) is 0 Å². The van der Waals surface area contributed by atoms with E-state index in [1.807, 2.05) is 0 Å². The first-order valence-corrected chi connectivity index (χ1v) is 4.15. The summed E-state index contributed by atoms with van der Waals surface area (Å²) in [7, 11) is 0. The maximum Gasteiger partial charge on any atom is 0.0904 e. The van der Waals surface area contributed by atoms with Crippen molar-refractivity contribution in [2.24, 2.45) is 0 Å². The molecule has 0 aromatic heterocycles. The van der Waals surface area contributed by atoms with Gasteiger partial charge in [0.1, 0.15) is 0 Å². The van der Waals surface area contributed by atoms with Crippen LogP contribution in [0.4, 0.5) is 0 Å². The average Bonchev–Trinajstić information content (AvgIpc) is 2.69. The minimum atomic E-state index is 0.251. The van der Waals surface area contributed by atoms with Gasteiger partial charge in [-0.05, 0) is 38.2 Å². The standard InChI is InChI=1S/C9H12O/c1-7-6-8(2-3-8)10-9(7)4-5-9/h6H,2-5H2,1H3. The second-order valence-electron chi connectivity index (χ2n) is 3.99. The van der Waals surface area contributed by atoms with Crippen LogP contribution in [-0.4, -0.2) is 11.2 Å². The molecule has 2 fully saturated rings. The number of ether oxygens (including phenoxy) is 1. The van der Waals surface area contributed by atoms with Crippen LogP contribution in [0.15, 0.2) is 11.6 Å². The van der Waals surface area contributed by atoms with E-state index >= 15 is 0 Å². The van der Waals surface area contributed by atoms with Crippen molar-refractivity contribution in [3.8, 4) is 0 Å². The zero-order valence-corrected chi connectivity index (χ0v) is 6.31. The van der Waals surface area contributed by atoms with E-state index in [-0.39, 0.29) is 11.2 Å². The summed E-state index contributed by atoms with van der Waals surface area (Å²) < 4.78 is 5.98. The molecular formula is C9H12O. The molecule has 10 heavy (non-hydrogen) atoms. The second kappa shape index (κ2) is 1.20. The molecule has 0 bridgehead atoms. The Bertz CT molecular complexity index is 219. The van der Waals surface area contributed by atoms with E-state index in [0.29, 0.717) is 0 Å². The lowest BCUT2D eigenvalue weighted by Crippen LogP contribution is -2.14. The van der Waals surface area contributed by atoms with Crippen molar-refractivity contribution < 1.29 is 4.74 Å². The summed E-state index contributed by atoms with van der Waals surface area (Å²) in [6, 6.07) is 0. The van der Waals surface area contributed by atoms with Gasteiger partial charge in [-0.1, -0.05) is 6.08 Å². The quantitative estimate of drug-likeness (QED) is 0.463. The van der Waals surface area contributed by atoms with Crippen molar-refractivity contribution in [2.45, 2.75) is 43.8 Å². The van der Waals surface area contributed by atoms with E-state index in [4.69, 9.17) is 4.74 Å². The van der Waals surface area contributed by atoms with Gasteiger partial charge in [-0.2, -0.15) is 0 Å². The fourth-order valence-corrected chi connectivity index (χ4v) is 2.00.